The molecule has 14 heavy (non-hydrogen) atoms. The van der Waals surface area contributed by atoms with E-state index in [0.29, 0.717) is 6.54 Å². The van der Waals surface area contributed by atoms with Crippen molar-refractivity contribution >= 4 is 5.91 Å². The summed E-state index contributed by atoms with van der Waals surface area (Å²) in [4.78, 5) is 12.7. The molecule has 1 amide bonds. The second-order valence-corrected chi connectivity index (χ2v) is 3.12. The van der Waals surface area contributed by atoms with Gasteiger partial charge in [-0.05, 0) is 17.7 Å². The molecule has 3 N–H and O–H groups in total. The van der Waals surface area contributed by atoms with Crippen molar-refractivity contribution in [1.82, 2.24) is 4.90 Å². The molecule has 0 saturated carbocycles. The molecule has 0 aliphatic rings. The summed E-state index contributed by atoms with van der Waals surface area (Å²) in [5.41, 5.74) is 6.18. The number of benzene rings is 1. The summed E-state index contributed by atoms with van der Waals surface area (Å²) in [6, 6.07) is 6.73. The molecule has 0 radical (unpaired) electrons. The van der Waals surface area contributed by atoms with Crippen molar-refractivity contribution in [2.24, 2.45) is 5.73 Å². The Hall–Kier alpha value is -1.55. The van der Waals surface area contributed by atoms with Crippen LogP contribution in [0.4, 0.5) is 0 Å². The van der Waals surface area contributed by atoms with Crippen LogP contribution in [-0.2, 0) is 11.3 Å². The van der Waals surface area contributed by atoms with Gasteiger partial charge in [-0.15, -0.1) is 0 Å². The van der Waals surface area contributed by atoms with Crippen molar-refractivity contribution in [2.45, 2.75) is 6.54 Å². The summed E-state index contributed by atoms with van der Waals surface area (Å²) in [6.07, 6.45) is 0. The molecule has 0 saturated heterocycles. The van der Waals surface area contributed by atoms with E-state index in [4.69, 9.17) is 10.8 Å². The maximum atomic E-state index is 11.1. The molecule has 0 spiro atoms. The number of carbonyl (C=O) groups excluding carboxylic acids is 1. The Kier molecular flexibility index (Phi) is 3.48. The van der Waals surface area contributed by atoms with Crippen molar-refractivity contribution in [1.29, 1.82) is 0 Å². The lowest BCUT2D eigenvalue weighted by Crippen LogP contribution is -2.32. The molecule has 0 heterocycles. The van der Waals surface area contributed by atoms with Crippen molar-refractivity contribution in [2.75, 3.05) is 13.6 Å². The van der Waals surface area contributed by atoms with Gasteiger partial charge < -0.3 is 15.7 Å². The number of phenols is 1. The highest BCUT2D eigenvalue weighted by Crippen LogP contribution is 2.10. The third-order valence-corrected chi connectivity index (χ3v) is 1.96. The van der Waals surface area contributed by atoms with E-state index in [1.54, 1.807) is 36.2 Å². The number of aromatic hydroxyl groups is 1. The maximum absolute atomic E-state index is 11.1. The second-order valence-electron chi connectivity index (χ2n) is 3.12. The molecule has 0 bridgehead atoms. The van der Waals surface area contributed by atoms with Crippen LogP contribution in [0.25, 0.3) is 0 Å². The van der Waals surface area contributed by atoms with Gasteiger partial charge in [-0.1, -0.05) is 12.1 Å². The lowest BCUT2D eigenvalue weighted by Gasteiger charge is -2.15. The molecule has 1 aromatic carbocycles. The molecule has 0 aliphatic carbocycles. The molecule has 0 unspecified atom stereocenters. The minimum atomic E-state index is -0.0990. The number of nitrogens with zero attached hydrogens (tertiary/aromatic N) is 1. The van der Waals surface area contributed by atoms with Crippen LogP contribution in [0, 0.1) is 0 Å². The number of amides is 1. The second kappa shape index (κ2) is 4.62. The van der Waals surface area contributed by atoms with E-state index >= 15 is 0 Å². The Balaban J connectivity index is 2.60. The van der Waals surface area contributed by atoms with Crippen LogP contribution in [0.2, 0.25) is 0 Å². The highest BCUT2D eigenvalue weighted by atomic mass is 16.3. The Morgan fingerprint density at radius 2 is 2.00 bits per heavy atom. The smallest absolute Gasteiger partial charge is 0.236 e. The summed E-state index contributed by atoms with van der Waals surface area (Å²) in [7, 11) is 1.70. The van der Waals surface area contributed by atoms with Gasteiger partial charge in [0.1, 0.15) is 5.75 Å². The Morgan fingerprint density at radius 1 is 1.43 bits per heavy atom. The number of hydrogen-bond donors (Lipinski definition) is 2. The summed E-state index contributed by atoms with van der Waals surface area (Å²) >= 11 is 0. The van der Waals surface area contributed by atoms with Gasteiger partial charge in [0, 0.05) is 13.6 Å². The summed E-state index contributed by atoms with van der Waals surface area (Å²) in [5.74, 6) is 0.125. The monoisotopic (exact) mass is 194 g/mol. The van der Waals surface area contributed by atoms with Gasteiger partial charge in [0.05, 0.1) is 6.54 Å². The number of likely N-dealkylation sites (N-methyl/N-ethyl adjacent to an activating group) is 1. The molecule has 0 atom stereocenters. The van der Waals surface area contributed by atoms with E-state index in [-0.39, 0.29) is 18.2 Å². The number of carbonyl (C=O) groups is 1. The van der Waals surface area contributed by atoms with Crippen LogP contribution in [0.15, 0.2) is 24.3 Å². The minimum Gasteiger partial charge on any atom is -0.508 e. The molecule has 1 aromatic rings. The molecule has 0 aliphatic heterocycles. The molecule has 4 nitrogen and oxygen atoms in total. The van der Waals surface area contributed by atoms with E-state index in [0.717, 1.165) is 5.56 Å². The van der Waals surface area contributed by atoms with Gasteiger partial charge in [0.25, 0.3) is 0 Å². The zero-order chi connectivity index (χ0) is 10.6. The summed E-state index contributed by atoms with van der Waals surface area (Å²) < 4.78 is 0. The molecule has 76 valence electrons. The van der Waals surface area contributed by atoms with E-state index in [2.05, 4.69) is 0 Å². The van der Waals surface area contributed by atoms with Gasteiger partial charge >= 0.3 is 0 Å². The molecule has 4 heteroatoms. The normalized spacial score (nSPS) is 9.86. The maximum Gasteiger partial charge on any atom is 0.236 e. The van der Waals surface area contributed by atoms with E-state index in [1.807, 2.05) is 0 Å². The average Bonchev–Trinajstić information content (AvgIpc) is 2.20. The van der Waals surface area contributed by atoms with Crippen molar-refractivity contribution in [3.8, 4) is 5.75 Å². The first kappa shape index (κ1) is 10.5. The summed E-state index contributed by atoms with van der Waals surface area (Å²) in [5, 5.41) is 9.05. The molecule has 1 rings (SSSR count). The van der Waals surface area contributed by atoms with E-state index in [1.165, 1.54) is 0 Å². The van der Waals surface area contributed by atoms with Crippen LogP contribution >= 0.6 is 0 Å². The quantitative estimate of drug-likeness (QED) is 0.727. The largest absolute Gasteiger partial charge is 0.508 e. The minimum absolute atomic E-state index is 0.0224. The summed E-state index contributed by atoms with van der Waals surface area (Å²) in [6.45, 7) is 0.533. The Labute approximate surface area is 82.9 Å². The topological polar surface area (TPSA) is 66.6 Å². The predicted molar refractivity (Wildman–Crippen MR) is 53.6 cm³/mol. The average molecular weight is 194 g/mol. The third-order valence-electron chi connectivity index (χ3n) is 1.96. The highest BCUT2D eigenvalue weighted by molar-refractivity contribution is 5.77. The third kappa shape index (κ3) is 2.74. The molecular weight excluding hydrogens is 180 g/mol. The lowest BCUT2D eigenvalue weighted by atomic mass is 10.2. The van der Waals surface area contributed by atoms with Gasteiger partial charge in [0.15, 0.2) is 0 Å². The standard InChI is InChI=1S/C10H14N2O2/c1-12(10(14)6-11)7-8-2-4-9(13)5-3-8/h2-5,13H,6-7,11H2,1H3. The Bertz CT molecular complexity index is 308. The fraction of sp³-hybridized carbons (Fsp3) is 0.300. The molecular formula is C10H14N2O2. The Morgan fingerprint density at radius 3 is 2.50 bits per heavy atom. The van der Waals surface area contributed by atoms with Crippen LogP contribution in [0.5, 0.6) is 5.75 Å². The predicted octanol–water partition coefficient (Wildman–Crippen LogP) is 0.309. The van der Waals surface area contributed by atoms with Gasteiger partial charge in [-0.2, -0.15) is 0 Å². The zero-order valence-electron chi connectivity index (χ0n) is 8.10. The first-order valence-corrected chi connectivity index (χ1v) is 4.35. The first-order chi connectivity index (χ1) is 6.63. The first-order valence-electron chi connectivity index (χ1n) is 4.35. The van der Waals surface area contributed by atoms with Crippen LogP contribution in [0.3, 0.4) is 0 Å². The van der Waals surface area contributed by atoms with E-state index in [9.17, 15) is 4.79 Å². The fourth-order valence-corrected chi connectivity index (χ4v) is 1.12. The number of rotatable bonds is 3. The highest BCUT2D eigenvalue weighted by Gasteiger charge is 2.06. The van der Waals surface area contributed by atoms with Gasteiger partial charge in [-0.3, -0.25) is 4.79 Å². The number of hydrogen-bond acceptors (Lipinski definition) is 3. The molecule has 0 aromatic heterocycles. The lowest BCUT2D eigenvalue weighted by molar-refractivity contribution is -0.128. The number of phenolic OH excluding ortho intramolecular Hbond substituents is 1. The fourth-order valence-electron chi connectivity index (χ4n) is 1.12. The van der Waals surface area contributed by atoms with E-state index < -0.39 is 0 Å². The van der Waals surface area contributed by atoms with Crippen molar-refractivity contribution in [3.05, 3.63) is 29.8 Å². The van der Waals surface area contributed by atoms with Gasteiger partial charge in [-0.25, -0.2) is 0 Å². The number of nitrogens with two attached hydrogens (primary N) is 1. The van der Waals surface area contributed by atoms with Crippen molar-refractivity contribution < 1.29 is 9.90 Å². The van der Waals surface area contributed by atoms with Crippen LogP contribution in [-0.4, -0.2) is 29.5 Å². The van der Waals surface area contributed by atoms with Crippen LogP contribution < -0.4 is 5.73 Å². The van der Waals surface area contributed by atoms with Gasteiger partial charge in [0.2, 0.25) is 5.91 Å². The zero-order valence-corrected chi connectivity index (χ0v) is 8.10. The van der Waals surface area contributed by atoms with Crippen LogP contribution in [0.1, 0.15) is 5.56 Å². The SMILES string of the molecule is CN(Cc1ccc(O)cc1)C(=O)CN. The molecule has 0 fully saturated rings. The van der Waals surface area contributed by atoms with Crippen molar-refractivity contribution in [3.63, 3.8) is 0 Å².